The molecule has 0 aromatic heterocycles. The van der Waals surface area contributed by atoms with E-state index in [1.165, 1.54) is 66.1 Å². The van der Waals surface area contributed by atoms with Gasteiger partial charge in [0.25, 0.3) is 0 Å². The summed E-state index contributed by atoms with van der Waals surface area (Å²) in [4.78, 5) is 8.36. The fourth-order valence-corrected chi connectivity index (χ4v) is 11.4. The first-order valence-corrected chi connectivity index (χ1v) is 22.6. The molecule has 4 nitrogen and oxygen atoms in total. The van der Waals surface area contributed by atoms with Gasteiger partial charge in [0.2, 0.25) is 5.69 Å². The van der Waals surface area contributed by atoms with Gasteiger partial charge in [-0.1, -0.05) is 164 Å². The van der Waals surface area contributed by atoms with Crippen LogP contribution in [-0.2, 0) is 5.41 Å². The molecular weight excluding hydrogens is 813 g/mol. The Morgan fingerprint density at radius 3 is 1.60 bits per heavy atom. The van der Waals surface area contributed by atoms with Gasteiger partial charge in [0.15, 0.2) is 0 Å². The molecule has 0 radical (unpaired) electrons. The highest BCUT2D eigenvalue weighted by molar-refractivity contribution is 6.13. The van der Waals surface area contributed by atoms with Crippen LogP contribution in [0.15, 0.2) is 231 Å². The maximum atomic E-state index is 10.3. The predicted octanol–water partition coefficient (Wildman–Crippen LogP) is 16.9. The molecule has 11 aromatic rings. The Kier molecular flexibility index (Phi) is 8.52. The lowest BCUT2D eigenvalue weighted by molar-refractivity contribution is 0.810. The van der Waals surface area contributed by atoms with E-state index in [0.29, 0.717) is 11.3 Å². The van der Waals surface area contributed by atoms with E-state index in [1.54, 1.807) is 0 Å². The third-order valence-corrected chi connectivity index (χ3v) is 14.0. The van der Waals surface area contributed by atoms with Crippen LogP contribution in [0, 0.1) is 17.9 Å². The van der Waals surface area contributed by atoms with E-state index in [1.807, 2.05) is 84.9 Å². The molecule has 1 unspecified atom stereocenters. The minimum absolute atomic E-state index is 0.595. The molecule has 310 valence electrons. The van der Waals surface area contributed by atoms with Crippen molar-refractivity contribution in [2.24, 2.45) is 0 Å². The summed E-state index contributed by atoms with van der Waals surface area (Å²) in [6.45, 7) is 8.11. The highest BCUT2D eigenvalue weighted by Gasteiger charge is 2.53. The Labute approximate surface area is 388 Å². The molecule has 2 aliphatic rings. The zero-order chi connectivity index (χ0) is 44.6. The third kappa shape index (κ3) is 5.51. The standard InChI is InChI=1S/C63H38N4/c1-65-57-25-13-15-27-59(57)67(46-20-6-3-7-21-46)48-32-36-51-43(39-48)29-34-53-52-33-28-42-38-47(66(45-18-4-2-5-19-45)58-26-14-9-17-44(58)40-64)31-35-50(42)61(52)63(62(51)53)55-24-12-11-23-54(55)60-49-22-10-8-16-41(49)30-37-56(60)63/h2-39H. The summed E-state index contributed by atoms with van der Waals surface area (Å²) in [7, 11) is 0. The minimum Gasteiger partial charge on any atom is -0.320 e. The second kappa shape index (κ2) is 14.9. The van der Waals surface area contributed by atoms with E-state index in [9.17, 15) is 5.26 Å². The minimum atomic E-state index is -0.662. The van der Waals surface area contributed by atoms with Crippen LogP contribution < -0.4 is 9.80 Å². The molecule has 0 saturated heterocycles. The Morgan fingerprint density at radius 2 is 0.940 bits per heavy atom. The topological polar surface area (TPSA) is 34.6 Å². The summed E-state index contributed by atoms with van der Waals surface area (Å²) < 4.78 is 0. The second-order valence-electron chi connectivity index (χ2n) is 17.4. The highest BCUT2D eigenvalue weighted by Crippen LogP contribution is 2.66. The molecule has 13 rings (SSSR count). The zero-order valence-corrected chi connectivity index (χ0v) is 36.2. The Bertz CT molecular complexity index is 3720. The average molecular weight is 851 g/mol. The van der Waals surface area contributed by atoms with Crippen LogP contribution in [0.1, 0.15) is 27.8 Å². The maximum Gasteiger partial charge on any atom is 0.210 e. The first-order chi connectivity index (χ1) is 33.2. The SMILES string of the molecule is [C-]#[N+]c1ccccc1N(c1ccccc1)c1ccc2c3c(ccc2c1)-c1ccc2cc(N(c4ccccc4)c4ccccc4C#N)ccc2c1C31c2ccccc2-c2c1ccc1ccccc21. The van der Waals surface area contributed by atoms with Crippen molar-refractivity contribution < 1.29 is 0 Å². The molecule has 1 spiro atoms. The Hall–Kier alpha value is -9.22. The van der Waals surface area contributed by atoms with Crippen LogP contribution in [0.4, 0.5) is 39.8 Å². The fraction of sp³-hybridized carbons (Fsp3) is 0.0159. The van der Waals surface area contributed by atoms with Crippen LogP contribution in [0.25, 0.3) is 59.4 Å². The number of para-hydroxylation sites is 5. The molecule has 0 N–H and O–H groups in total. The maximum absolute atomic E-state index is 10.3. The number of rotatable bonds is 6. The summed E-state index contributed by atoms with van der Waals surface area (Å²) in [5.41, 5.74) is 16.3. The predicted molar refractivity (Wildman–Crippen MR) is 276 cm³/mol. The van der Waals surface area contributed by atoms with Gasteiger partial charge in [0.1, 0.15) is 6.07 Å². The molecule has 0 bridgehead atoms. The van der Waals surface area contributed by atoms with E-state index in [4.69, 9.17) is 6.57 Å². The molecular formula is C63H38N4. The lowest BCUT2D eigenvalue weighted by atomic mass is 9.68. The van der Waals surface area contributed by atoms with E-state index in [2.05, 4.69) is 166 Å². The first kappa shape index (κ1) is 38.3. The quantitative estimate of drug-likeness (QED) is 0.156. The molecule has 4 heteroatoms. The number of hydrogen-bond donors (Lipinski definition) is 0. The summed E-state index contributed by atoms with van der Waals surface area (Å²) in [6.07, 6.45) is 0. The van der Waals surface area contributed by atoms with Crippen molar-refractivity contribution in [1.82, 2.24) is 0 Å². The summed E-state index contributed by atoms with van der Waals surface area (Å²) in [6, 6.07) is 84.3. The lowest BCUT2D eigenvalue weighted by Gasteiger charge is -2.33. The Morgan fingerprint density at radius 1 is 0.403 bits per heavy atom. The van der Waals surface area contributed by atoms with Gasteiger partial charge >= 0.3 is 0 Å². The molecule has 11 aromatic carbocycles. The normalized spacial score (nSPS) is 14.0. The first-order valence-electron chi connectivity index (χ1n) is 22.6. The molecule has 0 fully saturated rings. The van der Waals surface area contributed by atoms with E-state index in [0.717, 1.165) is 44.9 Å². The lowest BCUT2D eigenvalue weighted by Crippen LogP contribution is -2.26. The van der Waals surface area contributed by atoms with Gasteiger partial charge in [0, 0.05) is 22.7 Å². The molecule has 0 amide bonds. The average Bonchev–Trinajstić information content (AvgIpc) is 3.87. The Balaban J connectivity index is 1.10. The van der Waals surface area contributed by atoms with Crippen LogP contribution in [0.5, 0.6) is 0 Å². The van der Waals surface area contributed by atoms with Crippen molar-refractivity contribution in [1.29, 1.82) is 5.26 Å². The number of anilines is 6. The monoisotopic (exact) mass is 850 g/mol. The number of nitrogens with zero attached hydrogens (tertiary/aromatic N) is 4. The van der Waals surface area contributed by atoms with Gasteiger partial charge in [-0.2, -0.15) is 5.26 Å². The second-order valence-corrected chi connectivity index (χ2v) is 17.4. The number of fused-ring (bicyclic) bond motifs is 16. The largest absolute Gasteiger partial charge is 0.320 e. The summed E-state index contributed by atoms with van der Waals surface area (Å²) in [5.74, 6) is 0. The third-order valence-electron chi connectivity index (χ3n) is 14.0. The molecule has 1 atom stereocenters. The van der Waals surface area contributed by atoms with Crippen LogP contribution >= 0.6 is 0 Å². The van der Waals surface area contributed by atoms with Gasteiger partial charge < -0.3 is 9.80 Å². The van der Waals surface area contributed by atoms with E-state index in [-0.39, 0.29) is 0 Å². The van der Waals surface area contributed by atoms with Gasteiger partial charge in [-0.05, 0) is 144 Å². The van der Waals surface area contributed by atoms with Gasteiger partial charge in [-0.3, -0.25) is 0 Å². The highest BCUT2D eigenvalue weighted by atomic mass is 15.2. The smallest absolute Gasteiger partial charge is 0.210 e. The van der Waals surface area contributed by atoms with Crippen molar-refractivity contribution >= 4 is 72.1 Å². The van der Waals surface area contributed by atoms with Crippen LogP contribution in [-0.4, -0.2) is 0 Å². The van der Waals surface area contributed by atoms with Crippen molar-refractivity contribution in [3.63, 3.8) is 0 Å². The summed E-state index contributed by atoms with van der Waals surface area (Å²) >= 11 is 0. The molecule has 0 aliphatic heterocycles. The fourth-order valence-electron chi connectivity index (χ4n) is 11.4. The van der Waals surface area contributed by atoms with Gasteiger partial charge in [-0.15, -0.1) is 0 Å². The van der Waals surface area contributed by atoms with Crippen LogP contribution in [0.2, 0.25) is 0 Å². The molecule has 67 heavy (non-hydrogen) atoms. The van der Waals surface area contributed by atoms with E-state index >= 15 is 0 Å². The van der Waals surface area contributed by atoms with Gasteiger partial charge in [0.05, 0.1) is 28.9 Å². The van der Waals surface area contributed by atoms with E-state index < -0.39 is 5.41 Å². The number of nitriles is 1. The molecule has 0 saturated carbocycles. The molecule has 2 aliphatic carbocycles. The van der Waals surface area contributed by atoms with Crippen molar-refractivity contribution in [3.05, 3.63) is 270 Å². The zero-order valence-electron chi connectivity index (χ0n) is 36.2. The van der Waals surface area contributed by atoms with Crippen molar-refractivity contribution in [2.45, 2.75) is 5.41 Å². The van der Waals surface area contributed by atoms with Crippen molar-refractivity contribution in [3.8, 4) is 28.3 Å². The summed E-state index contributed by atoms with van der Waals surface area (Å²) in [5, 5.41) is 17.4. The number of benzene rings is 11. The van der Waals surface area contributed by atoms with Crippen molar-refractivity contribution in [2.75, 3.05) is 9.80 Å². The van der Waals surface area contributed by atoms with Gasteiger partial charge in [-0.25, -0.2) is 4.85 Å². The molecule has 0 heterocycles. The van der Waals surface area contributed by atoms with Crippen LogP contribution in [0.3, 0.4) is 0 Å². The number of hydrogen-bond acceptors (Lipinski definition) is 3.